The van der Waals surface area contributed by atoms with Crippen molar-refractivity contribution < 1.29 is 18.0 Å². The Morgan fingerprint density at radius 1 is 1.13 bits per heavy atom. The molecule has 5 nitrogen and oxygen atoms in total. The Kier molecular flexibility index (Phi) is 5.15. The van der Waals surface area contributed by atoms with Crippen LogP contribution in [0.2, 0.25) is 0 Å². The van der Waals surface area contributed by atoms with E-state index in [1.165, 1.54) is 29.0 Å². The Hall–Kier alpha value is -3.07. The van der Waals surface area contributed by atoms with Crippen molar-refractivity contribution in [3.8, 4) is 0 Å². The predicted molar refractivity (Wildman–Crippen MR) is 109 cm³/mol. The van der Waals surface area contributed by atoms with Crippen LogP contribution in [-0.2, 0) is 30.4 Å². The maximum absolute atomic E-state index is 12.9. The van der Waals surface area contributed by atoms with Gasteiger partial charge in [-0.05, 0) is 31.2 Å². The fourth-order valence-electron chi connectivity index (χ4n) is 3.28. The van der Waals surface area contributed by atoms with Gasteiger partial charge in [-0.15, -0.1) is 11.3 Å². The van der Waals surface area contributed by atoms with Gasteiger partial charge in [0.1, 0.15) is 5.78 Å². The number of Topliss-reactive ketones (excluding diaryl/α,β-unsaturated/α-hetero) is 1. The molecule has 0 saturated carbocycles. The number of fused-ring (bicyclic) bond motifs is 2. The lowest BCUT2D eigenvalue weighted by Crippen LogP contribution is -2.26. The van der Waals surface area contributed by atoms with Gasteiger partial charge in [0.05, 0.1) is 44.8 Å². The van der Waals surface area contributed by atoms with Crippen molar-refractivity contribution in [2.24, 2.45) is 0 Å². The lowest BCUT2D eigenvalue weighted by atomic mass is 10.1. The second-order valence-corrected chi connectivity index (χ2v) is 8.05. The molecule has 2 aromatic heterocycles. The van der Waals surface area contributed by atoms with Gasteiger partial charge < -0.3 is 0 Å². The average Bonchev–Trinajstić information content (AvgIpc) is 3.10. The number of nitrogens with zero attached hydrogens (tertiary/aromatic N) is 3. The molecule has 0 spiro atoms. The molecule has 2 aromatic carbocycles. The van der Waals surface area contributed by atoms with Gasteiger partial charge in [-0.25, -0.2) is 9.67 Å². The van der Waals surface area contributed by atoms with Gasteiger partial charge in [0.15, 0.2) is 0 Å². The summed E-state index contributed by atoms with van der Waals surface area (Å²) < 4.78 is 40.6. The molecule has 0 aliphatic rings. The van der Waals surface area contributed by atoms with Gasteiger partial charge in [-0.2, -0.15) is 18.3 Å². The first-order chi connectivity index (χ1) is 14.2. The van der Waals surface area contributed by atoms with E-state index in [0.717, 1.165) is 12.1 Å². The van der Waals surface area contributed by atoms with Gasteiger partial charge >= 0.3 is 6.18 Å². The number of hydrogen-bond donors (Lipinski definition) is 0. The molecule has 0 N–H and O–H groups in total. The van der Waals surface area contributed by atoms with E-state index in [1.807, 2.05) is 0 Å². The molecule has 9 heteroatoms. The highest BCUT2D eigenvalue weighted by molar-refractivity contribution is 7.18. The van der Waals surface area contributed by atoms with Crippen LogP contribution in [0.4, 0.5) is 13.2 Å². The molecule has 0 radical (unpaired) electrons. The Morgan fingerprint density at radius 2 is 1.87 bits per heavy atom. The third kappa shape index (κ3) is 3.97. The number of aryl methyl sites for hydroxylation is 2. The first kappa shape index (κ1) is 20.2. The fourth-order valence-corrected chi connectivity index (χ4v) is 4.22. The molecule has 154 valence electrons. The number of hydrogen-bond acceptors (Lipinski definition) is 5. The van der Waals surface area contributed by atoms with Crippen molar-refractivity contribution in [3.63, 3.8) is 0 Å². The van der Waals surface area contributed by atoms with Crippen LogP contribution in [-0.4, -0.2) is 20.5 Å². The first-order valence-electron chi connectivity index (χ1n) is 9.17. The van der Waals surface area contributed by atoms with Crippen molar-refractivity contribution in [3.05, 3.63) is 69.1 Å². The summed E-state index contributed by atoms with van der Waals surface area (Å²) in [5.74, 6) is -0.0653. The van der Waals surface area contributed by atoms with Gasteiger partial charge in [0, 0.05) is 11.8 Å². The highest BCUT2D eigenvalue weighted by Gasteiger charge is 2.30. The van der Waals surface area contributed by atoms with Crippen molar-refractivity contribution >= 4 is 38.1 Å². The summed E-state index contributed by atoms with van der Waals surface area (Å²) in [7, 11) is 0. The number of carbonyl (C=O) groups is 1. The zero-order valence-corrected chi connectivity index (χ0v) is 16.7. The van der Waals surface area contributed by atoms with E-state index in [9.17, 15) is 22.8 Å². The van der Waals surface area contributed by atoms with Crippen LogP contribution >= 0.6 is 11.3 Å². The Labute approximate surface area is 172 Å². The molecule has 0 aliphatic carbocycles. The third-order valence-corrected chi connectivity index (χ3v) is 5.75. The molecule has 0 atom stereocenters. The zero-order valence-electron chi connectivity index (χ0n) is 15.9. The van der Waals surface area contributed by atoms with Crippen molar-refractivity contribution in [2.75, 3.05) is 0 Å². The number of alkyl halides is 3. The molecule has 30 heavy (non-hydrogen) atoms. The first-order valence-corrected chi connectivity index (χ1v) is 9.99. The monoisotopic (exact) mass is 431 g/mol. The zero-order chi connectivity index (χ0) is 21.5. The van der Waals surface area contributed by atoms with Crippen LogP contribution in [0, 0.1) is 0 Å². The summed E-state index contributed by atoms with van der Waals surface area (Å²) in [4.78, 5) is 28.7. The van der Waals surface area contributed by atoms with Crippen LogP contribution in [0.25, 0.3) is 21.0 Å². The van der Waals surface area contributed by atoms with E-state index in [-0.39, 0.29) is 29.8 Å². The van der Waals surface area contributed by atoms with Gasteiger partial charge in [0.25, 0.3) is 5.56 Å². The highest BCUT2D eigenvalue weighted by atomic mass is 32.1. The van der Waals surface area contributed by atoms with Crippen LogP contribution < -0.4 is 5.56 Å². The lowest BCUT2D eigenvalue weighted by Gasteiger charge is -2.09. The maximum atomic E-state index is 12.9. The smallest absolute Gasteiger partial charge is 0.300 e. The van der Waals surface area contributed by atoms with Crippen molar-refractivity contribution in [2.45, 2.75) is 32.5 Å². The Morgan fingerprint density at radius 3 is 2.57 bits per heavy atom. The molecule has 4 rings (SSSR count). The molecule has 4 aromatic rings. The molecule has 0 saturated heterocycles. The average molecular weight is 431 g/mol. The normalized spacial score (nSPS) is 12.0. The second kappa shape index (κ2) is 7.64. The number of rotatable bonds is 5. The van der Waals surface area contributed by atoms with Gasteiger partial charge in [0.2, 0.25) is 0 Å². The standard InChI is InChI=1S/C21H16F3N3O2S/c1-12(28)10-16-14-4-2-3-5-15(14)20(29)27(26-16)9-8-19-25-17-11-13(21(22,23)24)6-7-18(17)30-19/h2-7,11H,8-10H2,1H3. The Bertz CT molecular complexity index is 1320. The Balaban J connectivity index is 1.65. The summed E-state index contributed by atoms with van der Waals surface area (Å²) >= 11 is 1.28. The van der Waals surface area contributed by atoms with Crippen LogP contribution in [0.5, 0.6) is 0 Å². The van der Waals surface area contributed by atoms with E-state index >= 15 is 0 Å². The van der Waals surface area contributed by atoms with Crippen LogP contribution in [0.15, 0.2) is 47.3 Å². The van der Waals surface area contributed by atoms with Crippen LogP contribution in [0.3, 0.4) is 0 Å². The van der Waals surface area contributed by atoms with Gasteiger partial charge in [-0.3, -0.25) is 9.59 Å². The molecular weight excluding hydrogens is 415 g/mol. The number of carbonyl (C=O) groups excluding carboxylic acids is 1. The number of ketones is 1. The second-order valence-electron chi connectivity index (χ2n) is 6.94. The summed E-state index contributed by atoms with van der Waals surface area (Å²) in [5.41, 5.74) is -0.218. The van der Waals surface area contributed by atoms with Crippen LogP contribution in [0.1, 0.15) is 23.2 Å². The molecule has 0 fully saturated rings. The number of benzene rings is 2. The van der Waals surface area contributed by atoms with E-state index in [2.05, 4.69) is 10.1 Å². The molecule has 2 heterocycles. The maximum Gasteiger partial charge on any atom is 0.416 e. The lowest BCUT2D eigenvalue weighted by molar-refractivity contribution is -0.137. The third-order valence-electron chi connectivity index (χ3n) is 4.66. The highest BCUT2D eigenvalue weighted by Crippen LogP contribution is 2.33. The molecule has 0 amide bonds. The largest absolute Gasteiger partial charge is 0.416 e. The van der Waals surface area contributed by atoms with E-state index in [4.69, 9.17) is 0 Å². The predicted octanol–water partition coefficient (Wildman–Crippen LogP) is 4.40. The van der Waals surface area contributed by atoms with Crippen molar-refractivity contribution in [1.29, 1.82) is 0 Å². The SMILES string of the molecule is CC(=O)Cc1nn(CCc2nc3cc(C(F)(F)F)ccc3s2)c(=O)c2ccccc12. The molecular formula is C21H16F3N3O2S. The van der Waals surface area contributed by atoms with E-state index in [1.54, 1.807) is 24.3 Å². The van der Waals surface area contributed by atoms with E-state index in [0.29, 0.717) is 32.6 Å². The number of halogens is 3. The summed E-state index contributed by atoms with van der Waals surface area (Å²) in [5, 5.41) is 6.10. The minimum Gasteiger partial charge on any atom is -0.300 e. The molecule has 0 bridgehead atoms. The summed E-state index contributed by atoms with van der Waals surface area (Å²) in [6.07, 6.45) is -3.97. The fraction of sp³-hybridized carbons (Fsp3) is 0.238. The minimum atomic E-state index is -4.42. The van der Waals surface area contributed by atoms with Crippen molar-refractivity contribution in [1.82, 2.24) is 14.8 Å². The topological polar surface area (TPSA) is 64.8 Å². The quantitative estimate of drug-likeness (QED) is 0.470. The number of thiazole rings is 1. The minimum absolute atomic E-state index is 0.0653. The van der Waals surface area contributed by atoms with Gasteiger partial charge in [-0.1, -0.05) is 18.2 Å². The summed E-state index contributed by atoms with van der Waals surface area (Å²) in [6.45, 7) is 1.67. The molecule has 0 aliphatic heterocycles. The molecule has 0 unspecified atom stereocenters. The summed E-state index contributed by atoms with van der Waals surface area (Å²) in [6, 6.07) is 10.5. The number of aromatic nitrogens is 3. The van der Waals surface area contributed by atoms with E-state index < -0.39 is 11.7 Å².